The van der Waals surface area contributed by atoms with E-state index in [0.29, 0.717) is 12.2 Å². The Balaban J connectivity index is 2.17. The summed E-state index contributed by atoms with van der Waals surface area (Å²) in [5.41, 5.74) is 0. The predicted octanol–water partition coefficient (Wildman–Crippen LogP) is -0.706. The van der Waals surface area contributed by atoms with Crippen LogP contribution in [0.1, 0.15) is 12.8 Å². The number of amides is 1. The van der Waals surface area contributed by atoms with E-state index in [1.807, 2.05) is 0 Å². The number of aliphatic carboxylic acids is 1. The van der Waals surface area contributed by atoms with Crippen molar-refractivity contribution >= 4 is 11.9 Å². The molecule has 2 N–H and O–H groups in total. The number of aliphatic hydroxyl groups excluding tert-OH is 1. The molecule has 2 atom stereocenters. The fraction of sp³-hybridized carbons (Fsp3) is 0.556. The zero-order chi connectivity index (χ0) is 11.0. The van der Waals surface area contributed by atoms with Crippen molar-refractivity contribution in [2.45, 2.75) is 25.1 Å². The molecule has 0 aliphatic carbocycles. The van der Waals surface area contributed by atoms with E-state index in [2.05, 4.69) is 0 Å². The van der Waals surface area contributed by atoms with E-state index in [1.165, 1.54) is 11.0 Å². The maximum absolute atomic E-state index is 11.2. The first-order valence-corrected chi connectivity index (χ1v) is 4.64. The molecule has 0 aromatic heterocycles. The van der Waals surface area contributed by atoms with Crippen LogP contribution in [0.4, 0.5) is 0 Å². The Hall–Kier alpha value is -1.56. The van der Waals surface area contributed by atoms with Crippen LogP contribution in [0, 0.1) is 0 Å². The number of fused-ring (bicyclic) bond motifs is 1. The topological polar surface area (TPSA) is 87.1 Å². The van der Waals surface area contributed by atoms with E-state index >= 15 is 0 Å². The summed E-state index contributed by atoms with van der Waals surface area (Å²) in [7, 11) is 0. The zero-order valence-electron chi connectivity index (χ0n) is 7.92. The van der Waals surface area contributed by atoms with Gasteiger partial charge in [-0.3, -0.25) is 14.5 Å². The van der Waals surface area contributed by atoms with Gasteiger partial charge in [-0.05, 0) is 6.08 Å². The fourth-order valence-electron chi connectivity index (χ4n) is 1.89. The number of carboxylic acid groups (broad SMARTS) is 1. The molecule has 15 heavy (non-hydrogen) atoms. The Bertz CT molecular complexity index is 337. The van der Waals surface area contributed by atoms with Crippen molar-refractivity contribution in [3.05, 3.63) is 11.8 Å². The highest BCUT2D eigenvalue weighted by molar-refractivity contribution is 5.85. The maximum Gasteiger partial charge on any atom is 0.305 e. The molecule has 2 unspecified atom stereocenters. The van der Waals surface area contributed by atoms with E-state index in [4.69, 9.17) is 14.9 Å². The summed E-state index contributed by atoms with van der Waals surface area (Å²) < 4.78 is 5.33. The minimum absolute atomic E-state index is 0.104. The van der Waals surface area contributed by atoms with Crippen LogP contribution in [0.3, 0.4) is 0 Å². The van der Waals surface area contributed by atoms with Gasteiger partial charge in [0.25, 0.3) is 0 Å². The molecule has 2 rings (SSSR count). The van der Waals surface area contributed by atoms with E-state index in [0.717, 1.165) is 0 Å². The lowest BCUT2D eigenvalue weighted by Crippen LogP contribution is -2.53. The molecular formula is C9H11NO5. The van der Waals surface area contributed by atoms with Crippen LogP contribution >= 0.6 is 0 Å². The number of β-lactam (4-membered cyclic amide) rings is 1. The lowest BCUT2D eigenvalue weighted by Gasteiger charge is -2.34. The second-order valence-electron chi connectivity index (χ2n) is 3.48. The van der Waals surface area contributed by atoms with Gasteiger partial charge < -0.3 is 14.9 Å². The maximum atomic E-state index is 11.2. The van der Waals surface area contributed by atoms with Crippen LogP contribution in [0.5, 0.6) is 0 Å². The summed E-state index contributed by atoms with van der Waals surface area (Å²) in [6.07, 6.45) is 1.17. The van der Waals surface area contributed by atoms with Crippen LogP contribution in [0.2, 0.25) is 0 Å². The lowest BCUT2D eigenvalue weighted by molar-refractivity contribution is -0.157. The Labute approximate surface area is 85.7 Å². The molecule has 6 nitrogen and oxygen atoms in total. The van der Waals surface area contributed by atoms with Gasteiger partial charge in [0.2, 0.25) is 5.91 Å². The fourth-order valence-corrected chi connectivity index (χ4v) is 1.89. The molecule has 0 radical (unpaired) electrons. The highest BCUT2D eigenvalue weighted by Gasteiger charge is 2.50. The Morgan fingerprint density at radius 3 is 2.93 bits per heavy atom. The summed E-state index contributed by atoms with van der Waals surface area (Å²) in [5.74, 6) is -0.712. The first kappa shape index (κ1) is 9.97. The number of hydrogen-bond donors (Lipinski definition) is 2. The molecule has 2 heterocycles. The molecule has 0 aromatic rings. The van der Waals surface area contributed by atoms with Gasteiger partial charge in [-0.25, -0.2) is 0 Å². The molecule has 2 fully saturated rings. The highest BCUT2D eigenvalue weighted by Crippen LogP contribution is 2.37. The van der Waals surface area contributed by atoms with Gasteiger partial charge in [0.05, 0.1) is 19.4 Å². The minimum Gasteiger partial charge on any atom is -0.481 e. The van der Waals surface area contributed by atoms with Crippen LogP contribution in [0.25, 0.3) is 0 Å². The number of carbonyl (C=O) groups is 2. The molecule has 0 spiro atoms. The minimum atomic E-state index is -0.993. The first-order chi connectivity index (χ1) is 7.13. The second kappa shape index (κ2) is 3.54. The number of ether oxygens (including phenoxy) is 1. The predicted molar refractivity (Wildman–Crippen MR) is 47.5 cm³/mol. The Kier molecular flexibility index (Phi) is 2.36. The standard InChI is InChI=1S/C9H11NO5/c11-2-1-6-5(3-9(13)14)10-7(12)4-8(10)15-6/h1,5,8,11H,2-4H2,(H,13,14)/b6-1-. The van der Waals surface area contributed by atoms with E-state index in [9.17, 15) is 9.59 Å². The molecule has 1 amide bonds. The van der Waals surface area contributed by atoms with Crippen molar-refractivity contribution < 1.29 is 24.5 Å². The van der Waals surface area contributed by atoms with Gasteiger partial charge in [0.15, 0.2) is 6.23 Å². The summed E-state index contributed by atoms with van der Waals surface area (Å²) in [6, 6.07) is -0.555. The second-order valence-corrected chi connectivity index (χ2v) is 3.48. The van der Waals surface area contributed by atoms with Crippen LogP contribution in [0.15, 0.2) is 11.8 Å². The Morgan fingerprint density at radius 1 is 1.67 bits per heavy atom. The monoisotopic (exact) mass is 213 g/mol. The number of aliphatic hydroxyl groups is 1. The zero-order valence-corrected chi connectivity index (χ0v) is 7.92. The molecule has 2 aliphatic rings. The summed E-state index contributed by atoms with van der Waals surface area (Å²) in [5, 5.41) is 17.4. The summed E-state index contributed by atoms with van der Waals surface area (Å²) in [6.45, 7) is -0.222. The van der Waals surface area contributed by atoms with Crippen LogP contribution in [-0.2, 0) is 14.3 Å². The van der Waals surface area contributed by atoms with Gasteiger partial charge in [0, 0.05) is 0 Å². The molecule has 0 bridgehead atoms. The third-order valence-corrected chi connectivity index (χ3v) is 2.54. The van der Waals surface area contributed by atoms with Crippen LogP contribution in [-0.4, -0.2) is 45.9 Å². The number of nitrogens with zero attached hydrogens (tertiary/aromatic N) is 1. The normalized spacial score (nSPS) is 31.1. The smallest absolute Gasteiger partial charge is 0.305 e. The van der Waals surface area contributed by atoms with Gasteiger partial charge in [-0.2, -0.15) is 0 Å². The highest BCUT2D eigenvalue weighted by atomic mass is 16.5. The summed E-state index contributed by atoms with van der Waals surface area (Å²) in [4.78, 5) is 23.2. The van der Waals surface area contributed by atoms with Crippen molar-refractivity contribution in [1.82, 2.24) is 4.90 Å². The lowest BCUT2D eigenvalue weighted by atomic mass is 10.1. The molecule has 2 aliphatic heterocycles. The number of hydrogen-bond acceptors (Lipinski definition) is 4. The van der Waals surface area contributed by atoms with Crippen molar-refractivity contribution in [3.63, 3.8) is 0 Å². The largest absolute Gasteiger partial charge is 0.481 e. The molecule has 0 aromatic carbocycles. The molecule has 2 saturated heterocycles. The molecular weight excluding hydrogens is 202 g/mol. The van der Waals surface area contributed by atoms with Gasteiger partial charge in [-0.15, -0.1) is 0 Å². The average molecular weight is 213 g/mol. The number of carboxylic acids is 1. The first-order valence-electron chi connectivity index (χ1n) is 4.64. The van der Waals surface area contributed by atoms with Crippen molar-refractivity contribution in [3.8, 4) is 0 Å². The third kappa shape index (κ3) is 1.56. The Morgan fingerprint density at radius 2 is 2.40 bits per heavy atom. The third-order valence-electron chi connectivity index (χ3n) is 2.54. The molecule has 6 heteroatoms. The van der Waals surface area contributed by atoms with Crippen LogP contribution < -0.4 is 0 Å². The van der Waals surface area contributed by atoms with Crippen molar-refractivity contribution in [1.29, 1.82) is 0 Å². The SMILES string of the molecule is O=C(O)CC1/C(=C/CO)OC2CC(=O)N21. The van der Waals surface area contributed by atoms with E-state index in [1.54, 1.807) is 0 Å². The number of rotatable bonds is 3. The summed E-state index contributed by atoms with van der Waals surface area (Å²) >= 11 is 0. The van der Waals surface area contributed by atoms with E-state index in [-0.39, 0.29) is 25.2 Å². The van der Waals surface area contributed by atoms with Crippen molar-refractivity contribution in [2.24, 2.45) is 0 Å². The molecule has 0 saturated carbocycles. The van der Waals surface area contributed by atoms with E-state index < -0.39 is 12.0 Å². The average Bonchev–Trinajstić information content (AvgIpc) is 2.38. The van der Waals surface area contributed by atoms with Gasteiger partial charge in [-0.1, -0.05) is 0 Å². The van der Waals surface area contributed by atoms with Gasteiger partial charge in [0.1, 0.15) is 11.8 Å². The number of carbonyl (C=O) groups excluding carboxylic acids is 1. The van der Waals surface area contributed by atoms with Gasteiger partial charge >= 0.3 is 5.97 Å². The molecule has 82 valence electrons. The van der Waals surface area contributed by atoms with Crippen molar-refractivity contribution in [2.75, 3.05) is 6.61 Å². The quantitative estimate of drug-likeness (QED) is 0.605.